The molecule has 2 rings (SSSR count). The van der Waals surface area contributed by atoms with Crippen LogP contribution in [0.4, 0.5) is 5.69 Å². The molecule has 0 aliphatic heterocycles. The van der Waals surface area contributed by atoms with E-state index in [0.29, 0.717) is 6.61 Å². The van der Waals surface area contributed by atoms with Gasteiger partial charge in [-0.15, -0.1) is 0 Å². The number of nitrogens with one attached hydrogen (secondary N) is 2. The number of carbonyl (C=O) groups excluding carboxylic acids is 2. The number of amides is 2. The zero-order valence-electron chi connectivity index (χ0n) is 16.1. The van der Waals surface area contributed by atoms with Crippen molar-refractivity contribution in [3.8, 4) is 5.75 Å². The minimum atomic E-state index is -0.00860. The summed E-state index contributed by atoms with van der Waals surface area (Å²) in [7, 11) is 0. The monoisotopic (exact) mass is 360 g/mol. The van der Waals surface area contributed by atoms with Crippen molar-refractivity contribution < 1.29 is 14.3 Å². The van der Waals surface area contributed by atoms with E-state index in [9.17, 15) is 9.59 Å². The first-order chi connectivity index (χ1) is 12.6. The topological polar surface area (TPSA) is 67.4 Å². The first-order valence-corrected chi connectivity index (χ1v) is 9.95. The Morgan fingerprint density at radius 3 is 2.15 bits per heavy atom. The average molecular weight is 360 g/mol. The lowest BCUT2D eigenvalue weighted by atomic mass is 9.81. The largest absolute Gasteiger partial charge is 0.494 e. The smallest absolute Gasteiger partial charge is 0.227 e. The summed E-state index contributed by atoms with van der Waals surface area (Å²) in [4.78, 5) is 24.6. The van der Waals surface area contributed by atoms with Crippen molar-refractivity contribution in [2.45, 2.75) is 58.8 Å². The van der Waals surface area contributed by atoms with E-state index < -0.39 is 0 Å². The number of carbonyl (C=O) groups is 2. The third-order valence-corrected chi connectivity index (χ3v) is 4.98. The van der Waals surface area contributed by atoms with Crippen LogP contribution >= 0.6 is 0 Å². The summed E-state index contributed by atoms with van der Waals surface area (Å²) in [5, 5.41) is 6.01. The van der Waals surface area contributed by atoms with Gasteiger partial charge in [-0.05, 0) is 63.3 Å². The average Bonchev–Trinajstić information content (AvgIpc) is 2.67. The van der Waals surface area contributed by atoms with Gasteiger partial charge in [0.1, 0.15) is 5.75 Å². The summed E-state index contributed by atoms with van der Waals surface area (Å²) >= 11 is 0. The van der Waals surface area contributed by atoms with E-state index in [0.717, 1.165) is 62.9 Å². The predicted octanol–water partition coefficient (Wildman–Crippen LogP) is 4.14. The lowest BCUT2D eigenvalue weighted by molar-refractivity contribution is -0.128. The molecule has 2 N–H and O–H groups in total. The van der Waals surface area contributed by atoms with Crippen molar-refractivity contribution in [3.63, 3.8) is 0 Å². The van der Waals surface area contributed by atoms with E-state index in [1.165, 1.54) is 0 Å². The van der Waals surface area contributed by atoms with Crippen molar-refractivity contribution in [1.29, 1.82) is 0 Å². The molecule has 0 bridgehead atoms. The summed E-state index contributed by atoms with van der Waals surface area (Å²) in [5.41, 5.74) is 0.786. The van der Waals surface area contributed by atoms with Gasteiger partial charge in [-0.2, -0.15) is 0 Å². The number of hydrogen-bond acceptors (Lipinski definition) is 3. The first-order valence-electron chi connectivity index (χ1n) is 9.95. The van der Waals surface area contributed by atoms with E-state index in [2.05, 4.69) is 17.6 Å². The second-order valence-corrected chi connectivity index (χ2v) is 6.99. The van der Waals surface area contributed by atoms with E-state index in [4.69, 9.17) is 4.74 Å². The summed E-state index contributed by atoms with van der Waals surface area (Å²) < 4.78 is 5.41. The number of ether oxygens (including phenoxy) is 1. The summed E-state index contributed by atoms with van der Waals surface area (Å²) in [5.74, 6) is 1.07. The third kappa shape index (κ3) is 6.36. The standard InChI is InChI=1S/C21H32N2O3/c1-3-5-6-15-22-20(24)16-7-9-17(10-8-16)21(25)23-18-11-13-19(14-12-18)26-4-2/h11-14,16-17H,3-10,15H2,1-2H3,(H,22,24)(H,23,25). The van der Waals surface area contributed by atoms with Gasteiger partial charge in [0, 0.05) is 24.1 Å². The van der Waals surface area contributed by atoms with Gasteiger partial charge in [0.15, 0.2) is 0 Å². The number of benzene rings is 1. The Hall–Kier alpha value is -2.04. The van der Waals surface area contributed by atoms with E-state index in [1.807, 2.05) is 31.2 Å². The minimum Gasteiger partial charge on any atom is -0.494 e. The highest BCUT2D eigenvalue weighted by Gasteiger charge is 2.29. The fourth-order valence-corrected chi connectivity index (χ4v) is 3.39. The number of rotatable bonds is 9. The van der Waals surface area contributed by atoms with Gasteiger partial charge in [0.2, 0.25) is 11.8 Å². The van der Waals surface area contributed by atoms with Crippen LogP contribution in [-0.4, -0.2) is 25.0 Å². The molecule has 5 nitrogen and oxygen atoms in total. The summed E-state index contributed by atoms with van der Waals surface area (Å²) in [6.45, 7) is 5.49. The van der Waals surface area contributed by atoms with Crippen LogP contribution in [0, 0.1) is 11.8 Å². The van der Waals surface area contributed by atoms with Crippen molar-refractivity contribution in [1.82, 2.24) is 5.32 Å². The molecule has 5 heteroatoms. The van der Waals surface area contributed by atoms with Gasteiger partial charge < -0.3 is 15.4 Å². The van der Waals surface area contributed by atoms with Crippen LogP contribution in [-0.2, 0) is 9.59 Å². The molecule has 26 heavy (non-hydrogen) atoms. The minimum absolute atomic E-state index is 0.00860. The molecule has 0 spiro atoms. The van der Waals surface area contributed by atoms with Crippen molar-refractivity contribution in [2.75, 3.05) is 18.5 Å². The van der Waals surface area contributed by atoms with E-state index in [-0.39, 0.29) is 23.7 Å². The molecule has 1 aliphatic rings. The van der Waals surface area contributed by atoms with Crippen molar-refractivity contribution >= 4 is 17.5 Å². The fraction of sp³-hybridized carbons (Fsp3) is 0.619. The number of hydrogen-bond donors (Lipinski definition) is 2. The summed E-state index contributed by atoms with van der Waals surface area (Å²) in [6.07, 6.45) is 6.49. The Kier molecular flexibility index (Phi) is 8.45. The number of anilines is 1. The SMILES string of the molecule is CCCCCNC(=O)C1CCC(C(=O)Nc2ccc(OCC)cc2)CC1. The van der Waals surface area contributed by atoms with Gasteiger partial charge in [-0.3, -0.25) is 9.59 Å². The third-order valence-electron chi connectivity index (χ3n) is 4.98. The molecule has 1 aromatic rings. The Morgan fingerprint density at radius 2 is 1.58 bits per heavy atom. The Balaban J connectivity index is 1.72. The van der Waals surface area contributed by atoms with Gasteiger partial charge in [0.25, 0.3) is 0 Å². The lowest BCUT2D eigenvalue weighted by Crippen LogP contribution is -2.35. The maximum absolute atomic E-state index is 12.5. The molecule has 0 atom stereocenters. The molecule has 144 valence electrons. The highest BCUT2D eigenvalue weighted by molar-refractivity contribution is 5.92. The second kappa shape index (κ2) is 10.8. The normalized spacial score (nSPS) is 19.6. The Bertz CT molecular complexity index is 563. The zero-order chi connectivity index (χ0) is 18.8. The van der Waals surface area contributed by atoms with Crippen LogP contribution in [0.15, 0.2) is 24.3 Å². The highest BCUT2D eigenvalue weighted by atomic mass is 16.5. The molecular weight excluding hydrogens is 328 g/mol. The second-order valence-electron chi connectivity index (χ2n) is 6.99. The van der Waals surface area contributed by atoms with Crippen LogP contribution < -0.4 is 15.4 Å². The molecule has 0 heterocycles. The van der Waals surface area contributed by atoms with Crippen LogP contribution in [0.2, 0.25) is 0 Å². The molecule has 1 aromatic carbocycles. The molecule has 0 radical (unpaired) electrons. The molecule has 1 saturated carbocycles. The van der Waals surface area contributed by atoms with Crippen molar-refractivity contribution in [3.05, 3.63) is 24.3 Å². The quantitative estimate of drug-likeness (QED) is 0.651. The Morgan fingerprint density at radius 1 is 0.962 bits per heavy atom. The van der Waals surface area contributed by atoms with Gasteiger partial charge in [-0.1, -0.05) is 19.8 Å². The van der Waals surface area contributed by atoms with Gasteiger partial charge in [-0.25, -0.2) is 0 Å². The van der Waals surface area contributed by atoms with Gasteiger partial charge in [0.05, 0.1) is 6.61 Å². The highest BCUT2D eigenvalue weighted by Crippen LogP contribution is 2.30. The maximum atomic E-state index is 12.5. The summed E-state index contributed by atoms with van der Waals surface area (Å²) in [6, 6.07) is 7.44. The van der Waals surface area contributed by atoms with Crippen LogP contribution in [0.1, 0.15) is 58.8 Å². The fourth-order valence-electron chi connectivity index (χ4n) is 3.39. The maximum Gasteiger partial charge on any atom is 0.227 e. The molecule has 1 aliphatic carbocycles. The molecule has 0 saturated heterocycles. The molecular formula is C21H32N2O3. The van der Waals surface area contributed by atoms with Crippen molar-refractivity contribution in [2.24, 2.45) is 11.8 Å². The van der Waals surface area contributed by atoms with Gasteiger partial charge >= 0.3 is 0 Å². The van der Waals surface area contributed by atoms with E-state index >= 15 is 0 Å². The molecule has 1 fully saturated rings. The molecule has 0 unspecified atom stereocenters. The predicted molar refractivity (Wildman–Crippen MR) is 104 cm³/mol. The van der Waals surface area contributed by atoms with Crippen LogP contribution in [0.25, 0.3) is 0 Å². The zero-order valence-corrected chi connectivity index (χ0v) is 16.1. The number of unbranched alkanes of at least 4 members (excludes halogenated alkanes) is 2. The Labute approximate surface area is 156 Å². The molecule has 0 aromatic heterocycles. The molecule has 2 amide bonds. The van der Waals surface area contributed by atoms with Crippen LogP contribution in [0.3, 0.4) is 0 Å². The lowest BCUT2D eigenvalue weighted by Gasteiger charge is -2.27. The van der Waals surface area contributed by atoms with E-state index in [1.54, 1.807) is 0 Å². The first kappa shape index (κ1) is 20.3. The van der Waals surface area contributed by atoms with Crippen LogP contribution in [0.5, 0.6) is 5.75 Å².